The van der Waals surface area contributed by atoms with E-state index in [1.54, 1.807) is 0 Å². The maximum Gasteiger partial charge on any atom is 0.264 e. The van der Waals surface area contributed by atoms with Crippen LogP contribution >= 0.6 is 15.9 Å². The third-order valence-electron chi connectivity index (χ3n) is 2.91. The van der Waals surface area contributed by atoms with Crippen molar-refractivity contribution in [2.24, 2.45) is 0 Å². The number of aromatic nitrogens is 1. The molecule has 4 heteroatoms. The van der Waals surface area contributed by atoms with Crippen molar-refractivity contribution in [3.8, 4) is 0 Å². The van der Waals surface area contributed by atoms with Crippen molar-refractivity contribution in [3.05, 3.63) is 16.3 Å². The lowest BCUT2D eigenvalue weighted by atomic mass is 9.93. The Morgan fingerprint density at radius 1 is 1.43 bits per heavy atom. The van der Waals surface area contributed by atoms with Crippen molar-refractivity contribution in [1.29, 1.82) is 0 Å². The number of halogens is 1. The summed E-state index contributed by atoms with van der Waals surface area (Å²) in [6.07, 6.45) is 2.38. The van der Waals surface area contributed by atoms with Gasteiger partial charge < -0.3 is 9.32 Å². The van der Waals surface area contributed by atoms with Crippen LogP contribution in [0.1, 0.15) is 30.2 Å². The van der Waals surface area contributed by atoms with Crippen molar-refractivity contribution < 1.29 is 4.42 Å². The predicted molar refractivity (Wildman–Crippen MR) is 58.4 cm³/mol. The fraction of sp³-hybridized carbons (Fsp3) is 0.700. The highest BCUT2D eigenvalue weighted by molar-refractivity contribution is 9.10. The summed E-state index contributed by atoms with van der Waals surface area (Å²) in [6, 6.07) is 0. The number of likely N-dealkylation sites (tertiary alicyclic amines) is 1. The Morgan fingerprint density at radius 2 is 2.07 bits per heavy atom. The molecule has 78 valence electrons. The predicted octanol–water partition coefficient (Wildman–Crippen LogP) is 2.55. The summed E-state index contributed by atoms with van der Waals surface area (Å²) in [7, 11) is 2.17. The Kier molecular flexibility index (Phi) is 2.93. The lowest BCUT2D eigenvalue weighted by Gasteiger charge is -2.27. The van der Waals surface area contributed by atoms with Crippen LogP contribution < -0.4 is 0 Å². The van der Waals surface area contributed by atoms with Crippen molar-refractivity contribution in [1.82, 2.24) is 9.88 Å². The van der Waals surface area contributed by atoms with Gasteiger partial charge in [0.15, 0.2) is 0 Å². The zero-order valence-electron chi connectivity index (χ0n) is 8.59. The number of nitrogens with zero attached hydrogens (tertiary/aromatic N) is 2. The first-order valence-corrected chi connectivity index (χ1v) is 5.77. The molecule has 1 aliphatic rings. The number of oxazole rings is 1. The van der Waals surface area contributed by atoms with Gasteiger partial charge in [-0.2, -0.15) is 0 Å². The maximum absolute atomic E-state index is 5.39. The average molecular weight is 259 g/mol. The van der Waals surface area contributed by atoms with Crippen LogP contribution in [0.5, 0.6) is 0 Å². The smallest absolute Gasteiger partial charge is 0.264 e. The normalized spacial score (nSPS) is 20.2. The number of aryl methyl sites for hydroxylation is 1. The van der Waals surface area contributed by atoms with Gasteiger partial charge in [-0.25, -0.2) is 4.98 Å². The fourth-order valence-electron chi connectivity index (χ4n) is 2.04. The topological polar surface area (TPSA) is 29.3 Å². The van der Waals surface area contributed by atoms with Crippen molar-refractivity contribution in [2.75, 3.05) is 20.1 Å². The van der Waals surface area contributed by atoms with Gasteiger partial charge in [0.25, 0.3) is 4.80 Å². The molecule has 0 aromatic carbocycles. The fourth-order valence-corrected chi connectivity index (χ4v) is 2.47. The summed E-state index contributed by atoms with van der Waals surface area (Å²) in [4.78, 5) is 7.37. The molecular weight excluding hydrogens is 244 g/mol. The molecule has 0 aliphatic carbocycles. The molecule has 0 amide bonds. The van der Waals surface area contributed by atoms with Gasteiger partial charge in [0.1, 0.15) is 5.76 Å². The molecular formula is C10H15BrN2O. The molecule has 1 aromatic heterocycles. The minimum Gasteiger partial charge on any atom is -0.436 e. The molecule has 3 nitrogen and oxygen atoms in total. The number of hydrogen-bond donors (Lipinski definition) is 0. The van der Waals surface area contributed by atoms with E-state index in [0.29, 0.717) is 10.7 Å². The van der Waals surface area contributed by atoms with Gasteiger partial charge in [0.2, 0.25) is 0 Å². The average Bonchev–Trinajstić information content (AvgIpc) is 2.47. The summed E-state index contributed by atoms with van der Waals surface area (Å²) in [5.74, 6) is 1.55. The Hall–Kier alpha value is -0.350. The molecule has 0 saturated carbocycles. The maximum atomic E-state index is 5.39. The quantitative estimate of drug-likeness (QED) is 0.776. The summed E-state index contributed by atoms with van der Waals surface area (Å²) in [6.45, 7) is 4.31. The largest absolute Gasteiger partial charge is 0.436 e. The second-order valence-corrected chi connectivity index (χ2v) is 4.66. The van der Waals surface area contributed by atoms with Crippen molar-refractivity contribution in [2.45, 2.75) is 25.7 Å². The Morgan fingerprint density at radius 3 is 2.57 bits per heavy atom. The van der Waals surface area contributed by atoms with Crippen LogP contribution in [0.25, 0.3) is 0 Å². The van der Waals surface area contributed by atoms with Gasteiger partial charge in [-0.1, -0.05) is 0 Å². The molecule has 0 radical (unpaired) electrons. The second-order valence-electron chi connectivity index (χ2n) is 3.99. The van der Waals surface area contributed by atoms with E-state index in [4.69, 9.17) is 4.42 Å². The van der Waals surface area contributed by atoms with Gasteiger partial charge in [-0.3, -0.25) is 0 Å². The van der Waals surface area contributed by atoms with E-state index in [9.17, 15) is 0 Å². The van der Waals surface area contributed by atoms with Crippen LogP contribution in [0, 0.1) is 6.92 Å². The third kappa shape index (κ3) is 2.01. The molecule has 1 saturated heterocycles. The van der Waals surface area contributed by atoms with Gasteiger partial charge >= 0.3 is 0 Å². The standard InChI is InChI=1S/C10H15BrN2O/c1-7-9(12-10(11)14-7)8-3-5-13(2)6-4-8/h8H,3-6H2,1-2H3. The molecule has 0 unspecified atom stereocenters. The van der Waals surface area contributed by atoms with E-state index in [1.165, 1.54) is 12.8 Å². The Labute approximate surface area is 92.6 Å². The van der Waals surface area contributed by atoms with Gasteiger partial charge in [-0.05, 0) is 39.9 Å². The first-order valence-electron chi connectivity index (χ1n) is 4.98. The molecule has 1 aromatic rings. The highest BCUT2D eigenvalue weighted by Gasteiger charge is 2.23. The van der Waals surface area contributed by atoms with Crippen LogP contribution in [-0.2, 0) is 0 Å². The first-order chi connectivity index (χ1) is 6.66. The van der Waals surface area contributed by atoms with Gasteiger partial charge in [0.05, 0.1) is 5.69 Å². The first kappa shape index (κ1) is 10.2. The molecule has 0 bridgehead atoms. The van der Waals surface area contributed by atoms with Crippen molar-refractivity contribution in [3.63, 3.8) is 0 Å². The number of piperidine rings is 1. The highest BCUT2D eigenvalue weighted by Crippen LogP contribution is 2.30. The summed E-state index contributed by atoms with van der Waals surface area (Å²) >= 11 is 3.27. The minimum atomic E-state index is 0.584. The molecule has 1 aliphatic heterocycles. The van der Waals surface area contributed by atoms with E-state index in [0.717, 1.165) is 24.5 Å². The monoisotopic (exact) mass is 258 g/mol. The summed E-state index contributed by atoms with van der Waals surface area (Å²) in [5.41, 5.74) is 1.14. The lowest BCUT2D eigenvalue weighted by molar-refractivity contribution is 0.252. The second kappa shape index (κ2) is 4.03. The molecule has 14 heavy (non-hydrogen) atoms. The third-order valence-corrected chi connectivity index (χ3v) is 3.25. The summed E-state index contributed by atoms with van der Waals surface area (Å²) < 4.78 is 5.39. The number of hydrogen-bond acceptors (Lipinski definition) is 3. The van der Waals surface area contributed by atoms with Crippen LogP contribution in [0.4, 0.5) is 0 Å². The molecule has 0 spiro atoms. The van der Waals surface area contributed by atoms with Gasteiger partial charge in [0, 0.05) is 21.8 Å². The van der Waals surface area contributed by atoms with E-state index in [1.807, 2.05) is 6.92 Å². The zero-order valence-corrected chi connectivity index (χ0v) is 10.2. The Balaban J connectivity index is 2.11. The van der Waals surface area contributed by atoms with Crippen LogP contribution in [0.3, 0.4) is 0 Å². The van der Waals surface area contributed by atoms with Crippen LogP contribution in [0.15, 0.2) is 9.22 Å². The Bertz CT molecular complexity index is 316. The SMILES string of the molecule is Cc1oc(Br)nc1C1CCN(C)CC1. The highest BCUT2D eigenvalue weighted by atomic mass is 79.9. The van der Waals surface area contributed by atoms with E-state index in [-0.39, 0.29) is 0 Å². The van der Waals surface area contributed by atoms with Crippen LogP contribution in [-0.4, -0.2) is 30.0 Å². The molecule has 2 rings (SSSR count). The van der Waals surface area contributed by atoms with E-state index in [2.05, 4.69) is 32.9 Å². The molecule has 2 heterocycles. The molecule has 1 fully saturated rings. The zero-order chi connectivity index (χ0) is 10.1. The van der Waals surface area contributed by atoms with Gasteiger partial charge in [-0.15, -0.1) is 0 Å². The molecule has 0 N–H and O–H groups in total. The number of rotatable bonds is 1. The van der Waals surface area contributed by atoms with E-state index >= 15 is 0 Å². The lowest BCUT2D eigenvalue weighted by Crippen LogP contribution is -2.29. The minimum absolute atomic E-state index is 0.584. The van der Waals surface area contributed by atoms with E-state index < -0.39 is 0 Å². The van der Waals surface area contributed by atoms with Crippen molar-refractivity contribution >= 4 is 15.9 Å². The van der Waals surface area contributed by atoms with Crippen LogP contribution in [0.2, 0.25) is 0 Å². The summed E-state index contributed by atoms with van der Waals surface area (Å²) in [5, 5.41) is 0. The molecule has 0 atom stereocenters.